The van der Waals surface area contributed by atoms with Gasteiger partial charge in [0.2, 0.25) is 0 Å². The van der Waals surface area contributed by atoms with Crippen molar-refractivity contribution in [3.63, 3.8) is 0 Å². The van der Waals surface area contributed by atoms with Gasteiger partial charge in [-0.2, -0.15) is 0 Å². The molecule has 2 aromatic heterocycles. The second kappa shape index (κ2) is 6.63. The molecule has 28 heavy (non-hydrogen) atoms. The number of hydrogen-bond acceptors (Lipinski definition) is 2. The topological polar surface area (TPSA) is 45.8 Å². The van der Waals surface area contributed by atoms with E-state index in [0.717, 1.165) is 27.5 Å². The predicted molar refractivity (Wildman–Crippen MR) is 114 cm³/mol. The number of pyridine rings is 1. The van der Waals surface area contributed by atoms with E-state index in [0.29, 0.717) is 21.8 Å². The van der Waals surface area contributed by atoms with Gasteiger partial charge < -0.3 is 4.98 Å². The number of ketones is 1. The van der Waals surface area contributed by atoms with Gasteiger partial charge in [-0.1, -0.05) is 60.1 Å². The molecule has 0 fully saturated rings. The van der Waals surface area contributed by atoms with Crippen molar-refractivity contribution in [2.75, 3.05) is 0 Å². The minimum absolute atomic E-state index is 0.0500. The highest BCUT2D eigenvalue weighted by atomic mass is 35.5. The van der Waals surface area contributed by atoms with Gasteiger partial charge in [0, 0.05) is 38.0 Å². The summed E-state index contributed by atoms with van der Waals surface area (Å²) in [5.41, 5.74) is 4.62. The number of nitrogens with one attached hydrogen (secondary N) is 1. The van der Waals surface area contributed by atoms with Gasteiger partial charge in [-0.25, -0.2) is 4.98 Å². The number of carbonyl (C=O) groups is 1. The number of hydrogen-bond donors (Lipinski definition) is 1. The zero-order valence-electron chi connectivity index (χ0n) is 14.8. The van der Waals surface area contributed by atoms with Crippen LogP contribution in [0.5, 0.6) is 0 Å². The Balaban J connectivity index is 1.81. The molecule has 0 radical (unpaired) electrons. The fourth-order valence-electron chi connectivity index (χ4n) is 3.54. The largest absolute Gasteiger partial charge is 0.339 e. The zero-order chi connectivity index (χ0) is 19.1. The summed E-state index contributed by atoms with van der Waals surface area (Å²) in [4.78, 5) is 21.6. The molecule has 134 valence electrons. The number of fused-ring (bicyclic) bond motifs is 3. The van der Waals surface area contributed by atoms with Gasteiger partial charge in [0.05, 0.1) is 5.69 Å². The van der Waals surface area contributed by atoms with Gasteiger partial charge >= 0.3 is 0 Å². The molecule has 2 heterocycles. The summed E-state index contributed by atoms with van der Waals surface area (Å²) >= 11 is 6.00. The molecule has 0 aliphatic rings. The van der Waals surface area contributed by atoms with E-state index in [1.165, 1.54) is 0 Å². The highest BCUT2D eigenvalue weighted by Gasteiger charge is 2.19. The summed E-state index contributed by atoms with van der Waals surface area (Å²) in [6.45, 7) is 0. The van der Waals surface area contributed by atoms with Crippen molar-refractivity contribution in [2.24, 2.45) is 0 Å². The molecule has 3 aromatic carbocycles. The lowest BCUT2D eigenvalue weighted by Crippen LogP contribution is -2.03. The van der Waals surface area contributed by atoms with Gasteiger partial charge in [-0.15, -0.1) is 0 Å². The molecule has 0 aliphatic carbocycles. The molecule has 0 unspecified atom stereocenters. The first-order valence-electron chi connectivity index (χ1n) is 8.98. The molecule has 3 nitrogen and oxygen atoms in total. The van der Waals surface area contributed by atoms with Crippen LogP contribution >= 0.6 is 11.6 Å². The second-order valence-corrected chi connectivity index (χ2v) is 7.09. The Bertz CT molecular complexity index is 1320. The third kappa shape index (κ3) is 2.77. The van der Waals surface area contributed by atoms with E-state index in [1.807, 2.05) is 60.7 Å². The summed E-state index contributed by atoms with van der Waals surface area (Å²) in [6.07, 6.45) is 0. The number of nitrogens with zero attached hydrogens (tertiary/aromatic N) is 1. The SMILES string of the molecule is O=C(c1ccc(Cl)cc1)c1cc(-c2ccccc2)nc2[nH]c3ccccc3c12. The maximum atomic E-state index is 13.4. The lowest BCUT2D eigenvalue weighted by molar-refractivity contribution is 0.104. The molecule has 0 spiro atoms. The van der Waals surface area contributed by atoms with Crippen LogP contribution in [0.2, 0.25) is 5.02 Å². The molecule has 0 aliphatic heterocycles. The van der Waals surface area contributed by atoms with Crippen LogP contribution in [0, 0.1) is 0 Å². The summed E-state index contributed by atoms with van der Waals surface area (Å²) < 4.78 is 0. The van der Waals surface area contributed by atoms with E-state index in [2.05, 4.69) is 4.98 Å². The lowest BCUT2D eigenvalue weighted by Gasteiger charge is -2.08. The van der Waals surface area contributed by atoms with Gasteiger partial charge in [0.25, 0.3) is 0 Å². The van der Waals surface area contributed by atoms with Crippen LogP contribution < -0.4 is 0 Å². The average molecular weight is 383 g/mol. The number of halogens is 1. The number of rotatable bonds is 3. The molecule has 1 N–H and O–H groups in total. The van der Waals surface area contributed by atoms with E-state index in [9.17, 15) is 4.79 Å². The maximum absolute atomic E-state index is 13.4. The number of para-hydroxylation sites is 1. The fourth-order valence-corrected chi connectivity index (χ4v) is 3.66. The molecule has 0 bridgehead atoms. The number of H-pyrrole nitrogens is 1. The van der Waals surface area contributed by atoms with E-state index >= 15 is 0 Å². The first kappa shape index (κ1) is 16.7. The molecular formula is C24H15ClN2O. The number of aromatic nitrogens is 2. The lowest BCUT2D eigenvalue weighted by atomic mass is 9.97. The first-order chi connectivity index (χ1) is 13.7. The Kier molecular flexibility index (Phi) is 3.96. The number of carbonyl (C=O) groups excluding carboxylic acids is 1. The molecule has 5 rings (SSSR count). The third-order valence-corrected chi connectivity index (χ3v) is 5.14. The van der Waals surface area contributed by atoms with Crippen molar-refractivity contribution in [3.8, 4) is 11.3 Å². The van der Waals surface area contributed by atoms with E-state index < -0.39 is 0 Å². The minimum Gasteiger partial charge on any atom is -0.339 e. The monoisotopic (exact) mass is 382 g/mol. The van der Waals surface area contributed by atoms with Crippen LogP contribution in [0.1, 0.15) is 15.9 Å². The molecule has 0 saturated carbocycles. The molecule has 0 atom stereocenters. The molecule has 4 heteroatoms. The molecular weight excluding hydrogens is 368 g/mol. The van der Waals surface area contributed by atoms with E-state index in [4.69, 9.17) is 16.6 Å². The maximum Gasteiger partial charge on any atom is 0.193 e. The smallest absolute Gasteiger partial charge is 0.193 e. The zero-order valence-corrected chi connectivity index (χ0v) is 15.6. The summed E-state index contributed by atoms with van der Waals surface area (Å²) in [5.74, 6) is -0.0500. The predicted octanol–water partition coefficient (Wildman–Crippen LogP) is 6.27. The standard InChI is InChI=1S/C24H15ClN2O/c25-17-12-10-16(11-13-17)23(28)19-14-21(15-6-2-1-3-7-15)27-24-22(19)18-8-4-5-9-20(18)26-24/h1-14H,(H,26,27). The van der Waals surface area contributed by atoms with Crippen molar-refractivity contribution in [3.05, 3.63) is 101 Å². The number of benzene rings is 3. The van der Waals surface area contributed by atoms with Crippen molar-refractivity contribution in [1.29, 1.82) is 0 Å². The van der Waals surface area contributed by atoms with Crippen LogP contribution in [-0.2, 0) is 0 Å². The third-order valence-electron chi connectivity index (χ3n) is 4.89. The molecule has 0 amide bonds. The summed E-state index contributed by atoms with van der Waals surface area (Å²) in [5, 5.41) is 2.44. The summed E-state index contributed by atoms with van der Waals surface area (Å²) in [7, 11) is 0. The highest BCUT2D eigenvalue weighted by molar-refractivity contribution is 6.31. The highest BCUT2D eigenvalue weighted by Crippen LogP contribution is 2.32. The Labute approximate surface area is 166 Å². The van der Waals surface area contributed by atoms with Gasteiger partial charge in [-0.05, 0) is 36.4 Å². The van der Waals surface area contributed by atoms with Gasteiger partial charge in [0.15, 0.2) is 5.78 Å². The quantitative estimate of drug-likeness (QED) is 0.374. The number of aromatic amines is 1. The van der Waals surface area contributed by atoms with E-state index in [-0.39, 0.29) is 5.78 Å². The minimum atomic E-state index is -0.0500. The van der Waals surface area contributed by atoms with Crippen LogP contribution in [0.3, 0.4) is 0 Å². The van der Waals surface area contributed by atoms with Crippen LogP contribution in [0.25, 0.3) is 33.2 Å². The van der Waals surface area contributed by atoms with Crippen LogP contribution in [0.15, 0.2) is 84.9 Å². The Morgan fingerprint density at radius 2 is 1.57 bits per heavy atom. The Morgan fingerprint density at radius 3 is 2.36 bits per heavy atom. The van der Waals surface area contributed by atoms with Crippen molar-refractivity contribution >= 4 is 39.3 Å². The Morgan fingerprint density at radius 1 is 0.857 bits per heavy atom. The first-order valence-corrected chi connectivity index (χ1v) is 9.36. The van der Waals surface area contributed by atoms with Crippen molar-refractivity contribution in [1.82, 2.24) is 9.97 Å². The normalized spacial score (nSPS) is 11.2. The fraction of sp³-hybridized carbons (Fsp3) is 0. The van der Waals surface area contributed by atoms with Crippen LogP contribution in [-0.4, -0.2) is 15.8 Å². The van der Waals surface area contributed by atoms with Crippen molar-refractivity contribution < 1.29 is 4.79 Å². The van der Waals surface area contributed by atoms with Gasteiger partial charge in [0.1, 0.15) is 5.65 Å². The molecule has 5 aromatic rings. The summed E-state index contributed by atoms with van der Waals surface area (Å²) in [6, 6.07) is 26.7. The average Bonchev–Trinajstić information content (AvgIpc) is 3.12. The molecule has 0 saturated heterocycles. The Hall–Kier alpha value is -3.43. The van der Waals surface area contributed by atoms with Crippen molar-refractivity contribution in [2.45, 2.75) is 0 Å². The van der Waals surface area contributed by atoms with E-state index in [1.54, 1.807) is 24.3 Å². The second-order valence-electron chi connectivity index (χ2n) is 6.65. The van der Waals surface area contributed by atoms with Crippen LogP contribution in [0.4, 0.5) is 0 Å². The van der Waals surface area contributed by atoms with Gasteiger partial charge in [-0.3, -0.25) is 4.79 Å².